The normalized spacial score (nSPS) is 30.1. The number of ether oxygens (including phenoxy) is 2. The molecule has 0 aromatic carbocycles. The molecule has 0 amide bonds. The first kappa shape index (κ1) is 18.3. The Morgan fingerprint density at radius 2 is 1.05 bits per heavy atom. The van der Waals surface area contributed by atoms with Crippen LogP contribution in [-0.2, 0) is 19.1 Å². The molecular weight excluding hydrogens is 288 g/mol. The first-order valence-corrected chi connectivity index (χ1v) is 8.20. The summed E-state index contributed by atoms with van der Waals surface area (Å²) in [6.07, 6.45) is 0. The fourth-order valence-corrected chi connectivity index (χ4v) is 5.03. The molecule has 1 aliphatic rings. The van der Waals surface area contributed by atoms with Crippen LogP contribution in [0.4, 0.5) is 0 Å². The highest BCUT2D eigenvalue weighted by molar-refractivity contribution is 8.01. The molecule has 21 heavy (non-hydrogen) atoms. The Morgan fingerprint density at radius 1 is 0.762 bits per heavy atom. The molecule has 122 valence electrons. The minimum absolute atomic E-state index is 0.0262. The number of hydrogen-bond donors (Lipinski definition) is 0. The molecule has 1 rings (SSSR count). The quantitative estimate of drug-likeness (QED) is 0.733. The van der Waals surface area contributed by atoms with Gasteiger partial charge in [0.2, 0.25) is 0 Å². The van der Waals surface area contributed by atoms with Crippen molar-refractivity contribution in [3.63, 3.8) is 0 Å². The number of carbonyl (C=O) groups excluding carboxylic acids is 2. The fourth-order valence-electron chi connectivity index (χ4n) is 3.00. The number of thioether (sulfide) groups is 1. The van der Waals surface area contributed by atoms with E-state index in [0.29, 0.717) is 0 Å². The van der Waals surface area contributed by atoms with Crippen LogP contribution in [-0.4, -0.2) is 36.7 Å². The van der Waals surface area contributed by atoms with Crippen LogP contribution in [0.5, 0.6) is 0 Å². The zero-order valence-electron chi connectivity index (χ0n) is 14.4. The molecule has 0 aromatic heterocycles. The van der Waals surface area contributed by atoms with E-state index in [2.05, 4.69) is 41.5 Å². The van der Waals surface area contributed by atoms with Crippen molar-refractivity contribution in [2.24, 2.45) is 22.7 Å². The lowest BCUT2D eigenvalue weighted by Gasteiger charge is -2.31. The predicted octanol–water partition coefficient (Wildman–Crippen LogP) is 3.14. The van der Waals surface area contributed by atoms with Crippen LogP contribution in [0.15, 0.2) is 0 Å². The minimum atomic E-state index is -0.461. The van der Waals surface area contributed by atoms with Crippen LogP contribution in [0, 0.1) is 22.7 Å². The van der Waals surface area contributed by atoms with Crippen molar-refractivity contribution in [1.29, 1.82) is 0 Å². The number of carbonyl (C=O) groups is 2. The summed E-state index contributed by atoms with van der Waals surface area (Å²) < 4.78 is 9.97. The topological polar surface area (TPSA) is 52.6 Å². The molecule has 1 saturated heterocycles. The Bertz CT molecular complexity index is 367. The molecule has 0 saturated carbocycles. The van der Waals surface area contributed by atoms with Gasteiger partial charge in [0.1, 0.15) is 0 Å². The average molecular weight is 316 g/mol. The van der Waals surface area contributed by atoms with E-state index in [1.807, 2.05) is 0 Å². The number of hydrogen-bond acceptors (Lipinski definition) is 5. The van der Waals surface area contributed by atoms with Crippen LogP contribution in [0.3, 0.4) is 0 Å². The Kier molecular flexibility index (Phi) is 5.40. The molecular formula is C16H28O4S. The Labute approximate surface area is 132 Å². The van der Waals surface area contributed by atoms with Crippen molar-refractivity contribution in [2.45, 2.75) is 52.0 Å². The van der Waals surface area contributed by atoms with Crippen molar-refractivity contribution in [3.05, 3.63) is 0 Å². The molecule has 1 fully saturated rings. The van der Waals surface area contributed by atoms with Gasteiger partial charge >= 0.3 is 11.9 Å². The summed E-state index contributed by atoms with van der Waals surface area (Å²) in [6, 6.07) is 0. The maximum Gasteiger partial charge on any atom is 0.310 e. The van der Waals surface area contributed by atoms with E-state index in [0.717, 1.165) is 0 Å². The third-order valence-electron chi connectivity index (χ3n) is 3.99. The second-order valence-corrected chi connectivity index (χ2v) is 9.10. The second kappa shape index (κ2) is 6.19. The standard InChI is InChI=1S/C16H28O4S/c1-15(2,3)11-9(13(17)19-7)10(14(18)20-8)12(21-11)16(4,5)6/h9-12H,1-8H3. The van der Waals surface area contributed by atoms with Gasteiger partial charge in [-0.15, -0.1) is 0 Å². The van der Waals surface area contributed by atoms with E-state index >= 15 is 0 Å². The van der Waals surface area contributed by atoms with Gasteiger partial charge < -0.3 is 9.47 Å². The van der Waals surface area contributed by atoms with Gasteiger partial charge in [0.25, 0.3) is 0 Å². The number of esters is 2. The summed E-state index contributed by atoms with van der Waals surface area (Å²) >= 11 is 1.73. The molecule has 0 spiro atoms. The molecule has 0 aromatic rings. The van der Waals surface area contributed by atoms with Crippen LogP contribution in [0.1, 0.15) is 41.5 Å². The van der Waals surface area contributed by atoms with Crippen LogP contribution < -0.4 is 0 Å². The smallest absolute Gasteiger partial charge is 0.310 e. The van der Waals surface area contributed by atoms with Gasteiger partial charge in [0.05, 0.1) is 26.1 Å². The summed E-state index contributed by atoms with van der Waals surface area (Å²) in [6.45, 7) is 12.6. The zero-order valence-corrected chi connectivity index (χ0v) is 15.2. The lowest BCUT2D eigenvalue weighted by atomic mass is 9.73. The highest BCUT2D eigenvalue weighted by Crippen LogP contribution is 2.55. The molecule has 1 aliphatic heterocycles. The van der Waals surface area contributed by atoms with Crippen LogP contribution in [0.2, 0.25) is 0 Å². The van der Waals surface area contributed by atoms with Crippen molar-refractivity contribution in [1.82, 2.24) is 0 Å². The summed E-state index contributed by atoms with van der Waals surface area (Å²) in [5.74, 6) is -1.55. The SMILES string of the molecule is COC(=O)C1C(C(=O)OC)C(C(C)(C)C)SC1C(C)(C)C. The molecule has 0 N–H and O–H groups in total. The molecule has 1 heterocycles. The minimum Gasteiger partial charge on any atom is -0.469 e. The molecule has 0 radical (unpaired) electrons. The zero-order chi connectivity index (χ0) is 16.6. The van der Waals surface area contributed by atoms with E-state index in [-0.39, 0.29) is 33.3 Å². The van der Waals surface area contributed by atoms with Crippen molar-refractivity contribution < 1.29 is 19.1 Å². The van der Waals surface area contributed by atoms with Crippen molar-refractivity contribution in [2.75, 3.05) is 14.2 Å². The van der Waals surface area contributed by atoms with E-state index in [1.165, 1.54) is 14.2 Å². The lowest BCUT2D eigenvalue weighted by molar-refractivity contribution is -0.158. The number of rotatable bonds is 2. The molecule has 5 heteroatoms. The van der Waals surface area contributed by atoms with Gasteiger partial charge in [-0.2, -0.15) is 11.8 Å². The summed E-state index contributed by atoms with van der Waals surface area (Å²) in [5, 5.41) is 0.0524. The third-order valence-corrected chi connectivity index (χ3v) is 6.57. The highest BCUT2D eigenvalue weighted by atomic mass is 32.2. The second-order valence-electron chi connectivity index (χ2n) is 7.81. The van der Waals surface area contributed by atoms with E-state index in [9.17, 15) is 9.59 Å². The third kappa shape index (κ3) is 3.74. The highest BCUT2D eigenvalue weighted by Gasteiger charge is 2.58. The van der Waals surface area contributed by atoms with Gasteiger partial charge in [0.15, 0.2) is 0 Å². The Balaban J connectivity index is 3.33. The van der Waals surface area contributed by atoms with E-state index in [4.69, 9.17) is 9.47 Å². The van der Waals surface area contributed by atoms with Gasteiger partial charge in [-0.25, -0.2) is 0 Å². The maximum absolute atomic E-state index is 12.3. The van der Waals surface area contributed by atoms with Gasteiger partial charge in [-0.1, -0.05) is 41.5 Å². The molecule has 0 aliphatic carbocycles. The van der Waals surface area contributed by atoms with Crippen molar-refractivity contribution in [3.8, 4) is 0 Å². The predicted molar refractivity (Wildman–Crippen MR) is 85.1 cm³/mol. The van der Waals surface area contributed by atoms with Crippen LogP contribution in [0.25, 0.3) is 0 Å². The van der Waals surface area contributed by atoms with Crippen molar-refractivity contribution >= 4 is 23.7 Å². The summed E-state index contributed by atoms with van der Waals surface area (Å²) in [5.41, 5.74) is -0.203. The lowest BCUT2D eigenvalue weighted by Crippen LogP contribution is -2.42. The number of methoxy groups -OCH3 is 2. The van der Waals surface area contributed by atoms with Gasteiger partial charge in [-0.3, -0.25) is 9.59 Å². The molecule has 0 bridgehead atoms. The largest absolute Gasteiger partial charge is 0.469 e. The molecule has 4 nitrogen and oxygen atoms in total. The Morgan fingerprint density at radius 3 is 1.24 bits per heavy atom. The monoisotopic (exact) mass is 316 g/mol. The van der Waals surface area contributed by atoms with Gasteiger partial charge in [-0.05, 0) is 10.8 Å². The van der Waals surface area contributed by atoms with Crippen LogP contribution >= 0.6 is 11.8 Å². The summed E-state index contributed by atoms with van der Waals surface area (Å²) in [7, 11) is 2.76. The van der Waals surface area contributed by atoms with E-state index < -0.39 is 11.8 Å². The molecule has 4 atom stereocenters. The maximum atomic E-state index is 12.3. The Hall–Kier alpha value is -0.710. The first-order chi connectivity index (χ1) is 9.45. The van der Waals surface area contributed by atoms with Gasteiger partial charge in [0, 0.05) is 10.5 Å². The molecule has 4 unspecified atom stereocenters. The first-order valence-electron chi connectivity index (χ1n) is 7.26. The van der Waals surface area contributed by atoms with E-state index in [1.54, 1.807) is 11.8 Å². The fraction of sp³-hybridized carbons (Fsp3) is 0.875. The average Bonchev–Trinajstić information content (AvgIpc) is 2.76. The summed E-state index contributed by atoms with van der Waals surface area (Å²) in [4.78, 5) is 24.7.